The van der Waals surface area contributed by atoms with Gasteiger partial charge in [0.05, 0.1) is 5.60 Å². The Hall–Kier alpha value is -1.90. The molecule has 2 aromatic rings. The topological polar surface area (TPSA) is 23.5 Å². The van der Waals surface area contributed by atoms with Crippen LogP contribution in [-0.4, -0.2) is 36.2 Å². The van der Waals surface area contributed by atoms with Gasteiger partial charge in [0.15, 0.2) is 0 Å². The second-order valence-corrected chi connectivity index (χ2v) is 8.31. The van der Waals surface area contributed by atoms with Crippen molar-refractivity contribution >= 4 is 6.08 Å². The minimum Gasteiger partial charge on any atom is -0.385 e. The molecule has 3 rings (SSSR count). The maximum atomic E-state index is 12.2. The van der Waals surface area contributed by atoms with E-state index in [9.17, 15) is 5.11 Å². The van der Waals surface area contributed by atoms with E-state index in [4.69, 9.17) is 0 Å². The molecular formula is C25H33NO. The van der Waals surface area contributed by atoms with Gasteiger partial charge in [-0.3, -0.25) is 0 Å². The van der Waals surface area contributed by atoms with Gasteiger partial charge in [-0.05, 0) is 62.5 Å². The molecule has 2 aromatic carbocycles. The molecule has 1 saturated carbocycles. The number of aliphatic hydroxyl groups is 1. The van der Waals surface area contributed by atoms with E-state index in [1.807, 2.05) is 6.07 Å². The van der Waals surface area contributed by atoms with Crippen LogP contribution in [0.15, 0.2) is 60.2 Å². The fourth-order valence-corrected chi connectivity index (χ4v) is 4.41. The summed E-state index contributed by atoms with van der Waals surface area (Å²) in [5, 5.41) is 12.2. The Morgan fingerprint density at radius 2 is 1.74 bits per heavy atom. The zero-order valence-electron chi connectivity index (χ0n) is 17.0. The summed E-state index contributed by atoms with van der Waals surface area (Å²) in [5.41, 5.74) is 4.09. The first-order valence-corrected chi connectivity index (χ1v) is 10.2. The van der Waals surface area contributed by atoms with Crippen LogP contribution in [0, 0.1) is 12.8 Å². The highest BCUT2D eigenvalue weighted by molar-refractivity contribution is 5.56. The van der Waals surface area contributed by atoms with Gasteiger partial charge in [-0.1, -0.05) is 67.1 Å². The highest BCUT2D eigenvalue weighted by Crippen LogP contribution is 2.40. The molecule has 0 aromatic heterocycles. The van der Waals surface area contributed by atoms with Gasteiger partial charge in [-0.15, -0.1) is 0 Å². The number of benzene rings is 2. The quantitative estimate of drug-likeness (QED) is 0.747. The van der Waals surface area contributed by atoms with Crippen molar-refractivity contribution in [2.24, 2.45) is 5.92 Å². The van der Waals surface area contributed by atoms with Gasteiger partial charge in [-0.25, -0.2) is 0 Å². The van der Waals surface area contributed by atoms with Crippen LogP contribution < -0.4 is 0 Å². The molecule has 0 bridgehead atoms. The molecule has 0 aliphatic heterocycles. The van der Waals surface area contributed by atoms with Gasteiger partial charge in [0, 0.05) is 18.9 Å². The summed E-state index contributed by atoms with van der Waals surface area (Å²) in [6.45, 7) is 3.06. The third-order valence-corrected chi connectivity index (χ3v) is 5.93. The molecule has 1 fully saturated rings. The van der Waals surface area contributed by atoms with Crippen molar-refractivity contribution in [3.8, 4) is 0 Å². The van der Waals surface area contributed by atoms with Crippen molar-refractivity contribution in [1.82, 2.24) is 4.90 Å². The van der Waals surface area contributed by atoms with Crippen molar-refractivity contribution in [3.63, 3.8) is 0 Å². The smallest absolute Gasteiger partial charge is 0.0940 e. The fraction of sp³-hybridized carbons (Fsp3) is 0.440. The Bertz CT molecular complexity index is 765. The lowest BCUT2D eigenvalue weighted by Crippen LogP contribution is -2.45. The molecule has 1 aliphatic carbocycles. The number of aryl methyl sites for hydroxylation is 1. The Labute approximate surface area is 164 Å². The predicted octanol–water partition coefficient (Wildman–Crippen LogP) is 5.10. The standard InChI is InChI=1S/C25H33NO/c1-20-11-7-8-14-22(20)18-25(27)23(17-21-12-5-4-6-13-21)15-9-10-16-24(25)19-26(2)3/h4-8,11-14,17,24,27H,9-10,15-16,18-19H2,1-3H3. The van der Waals surface area contributed by atoms with Crippen molar-refractivity contribution in [3.05, 3.63) is 76.9 Å². The number of rotatable bonds is 5. The van der Waals surface area contributed by atoms with Crippen molar-refractivity contribution in [2.75, 3.05) is 20.6 Å². The molecule has 2 nitrogen and oxygen atoms in total. The second kappa shape index (κ2) is 8.86. The van der Waals surface area contributed by atoms with Crippen LogP contribution in [0.2, 0.25) is 0 Å². The average Bonchev–Trinajstić information content (AvgIpc) is 2.78. The van der Waals surface area contributed by atoms with Gasteiger partial charge in [0.1, 0.15) is 0 Å². The van der Waals surface area contributed by atoms with Crippen LogP contribution in [0.3, 0.4) is 0 Å². The molecule has 0 radical (unpaired) electrons. The maximum absolute atomic E-state index is 12.2. The summed E-state index contributed by atoms with van der Waals surface area (Å²) in [5.74, 6) is 0.240. The average molecular weight is 364 g/mol. The lowest BCUT2D eigenvalue weighted by Gasteiger charge is -2.39. The van der Waals surface area contributed by atoms with Crippen LogP contribution in [0.25, 0.3) is 6.08 Å². The Kier molecular flexibility index (Phi) is 6.51. The molecule has 0 saturated heterocycles. The van der Waals surface area contributed by atoms with E-state index < -0.39 is 5.60 Å². The van der Waals surface area contributed by atoms with Crippen LogP contribution in [0.1, 0.15) is 42.4 Å². The third kappa shape index (κ3) is 4.88. The molecular weight excluding hydrogens is 330 g/mol. The van der Waals surface area contributed by atoms with Crippen molar-refractivity contribution in [1.29, 1.82) is 0 Å². The molecule has 0 heterocycles. The van der Waals surface area contributed by atoms with Gasteiger partial charge >= 0.3 is 0 Å². The maximum Gasteiger partial charge on any atom is 0.0940 e. The van der Waals surface area contributed by atoms with Crippen molar-refractivity contribution < 1.29 is 5.11 Å². The zero-order chi connectivity index (χ0) is 19.3. The van der Waals surface area contributed by atoms with E-state index in [0.717, 1.165) is 25.8 Å². The van der Waals surface area contributed by atoms with E-state index in [1.54, 1.807) is 0 Å². The lowest BCUT2D eigenvalue weighted by molar-refractivity contribution is 0.00505. The first-order chi connectivity index (χ1) is 13.0. The Balaban J connectivity index is 2.05. The lowest BCUT2D eigenvalue weighted by atomic mass is 9.74. The largest absolute Gasteiger partial charge is 0.385 e. The molecule has 0 amide bonds. The minimum absolute atomic E-state index is 0.240. The highest BCUT2D eigenvalue weighted by atomic mass is 16.3. The summed E-state index contributed by atoms with van der Waals surface area (Å²) in [7, 11) is 4.22. The minimum atomic E-state index is -0.803. The summed E-state index contributed by atoms with van der Waals surface area (Å²) >= 11 is 0. The van der Waals surface area contributed by atoms with Gasteiger partial charge < -0.3 is 10.0 Å². The van der Waals surface area contributed by atoms with Gasteiger partial charge in [0.2, 0.25) is 0 Å². The Morgan fingerprint density at radius 1 is 1.04 bits per heavy atom. The zero-order valence-corrected chi connectivity index (χ0v) is 17.0. The molecule has 144 valence electrons. The van der Waals surface area contributed by atoms with E-state index in [2.05, 4.69) is 80.5 Å². The highest BCUT2D eigenvalue weighted by Gasteiger charge is 2.41. The first-order valence-electron chi connectivity index (χ1n) is 10.2. The molecule has 27 heavy (non-hydrogen) atoms. The van der Waals surface area contributed by atoms with E-state index in [-0.39, 0.29) is 5.92 Å². The van der Waals surface area contributed by atoms with Crippen LogP contribution in [0.4, 0.5) is 0 Å². The Morgan fingerprint density at radius 3 is 2.44 bits per heavy atom. The number of nitrogens with zero attached hydrogens (tertiary/aromatic N) is 1. The number of hydrogen-bond donors (Lipinski definition) is 1. The first kappa shape index (κ1) is 19.9. The summed E-state index contributed by atoms with van der Waals surface area (Å²) < 4.78 is 0. The van der Waals surface area contributed by atoms with E-state index in [0.29, 0.717) is 6.42 Å². The van der Waals surface area contributed by atoms with Crippen molar-refractivity contribution in [2.45, 2.75) is 44.6 Å². The van der Waals surface area contributed by atoms with E-state index >= 15 is 0 Å². The van der Waals surface area contributed by atoms with Crippen LogP contribution >= 0.6 is 0 Å². The monoisotopic (exact) mass is 363 g/mol. The summed E-state index contributed by atoms with van der Waals surface area (Å²) in [6.07, 6.45) is 7.32. The fourth-order valence-electron chi connectivity index (χ4n) is 4.41. The normalized spacial score (nSPS) is 24.9. The van der Waals surface area contributed by atoms with Crippen LogP contribution in [0.5, 0.6) is 0 Å². The molecule has 1 aliphatic rings. The third-order valence-electron chi connectivity index (χ3n) is 5.93. The van der Waals surface area contributed by atoms with Crippen LogP contribution in [-0.2, 0) is 6.42 Å². The van der Waals surface area contributed by atoms with Gasteiger partial charge in [0.25, 0.3) is 0 Å². The predicted molar refractivity (Wildman–Crippen MR) is 115 cm³/mol. The molecule has 0 spiro atoms. The molecule has 2 unspecified atom stereocenters. The van der Waals surface area contributed by atoms with E-state index in [1.165, 1.54) is 28.7 Å². The molecule has 2 atom stereocenters. The number of hydrogen-bond acceptors (Lipinski definition) is 2. The summed E-state index contributed by atoms with van der Waals surface area (Å²) in [6, 6.07) is 18.9. The molecule has 2 heteroatoms. The second-order valence-electron chi connectivity index (χ2n) is 8.31. The SMILES string of the molecule is Cc1ccccc1CC1(O)C(=Cc2ccccc2)CCCCC1CN(C)C. The van der Waals surface area contributed by atoms with Gasteiger partial charge in [-0.2, -0.15) is 0 Å². The molecule has 1 N–H and O–H groups in total. The summed E-state index contributed by atoms with van der Waals surface area (Å²) in [4.78, 5) is 2.22.